The van der Waals surface area contributed by atoms with Crippen molar-refractivity contribution in [2.45, 2.75) is 13.5 Å². The van der Waals surface area contributed by atoms with Crippen LogP contribution in [0.25, 0.3) is 11.1 Å². The Hall–Kier alpha value is -3.59. The zero-order chi connectivity index (χ0) is 19.2. The molecule has 138 valence electrons. The lowest BCUT2D eigenvalue weighted by molar-refractivity contribution is 0.295. The highest BCUT2D eigenvalue weighted by atomic mass is 16.5. The number of hydrogen-bond donors (Lipinski definition) is 1. The Morgan fingerprint density at radius 2 is 1.46 bits per heavy atom. The molecule has 0 saturated heterocycles. The fraction of sp³-hybridized carbons (Fsp3) is 0.0800. The third-order valence-corrected chi connectivity index (χ3v) is 4.49. The van der Waals surface area contributed by atoms with Crippen molar-refractivity contribution in [2.24, 2.45) is 0 Å². The number of ether oxygens (including phenoxy) is 1. The van der Waals surface area contributed by atoms with Crippen LogP contribution < -0.4 is 10.1 Å². The molecule has 0 aliphatic rings. The van der Waals surface area contributed by atoms with Gasteiger partial charge >= 0.3 is 0 Å². The molecular formula is C25H22N2O. The van der Waals surface area contributed by atoms with Crippen molar-refractivity contribution in [3.8, 4) is 17.0 Å². The quantitative estimate of drug-likeness (QED) is 0.430. The summed E-state index contributed by atoms with van der Waals surface area (Å²) in [5.41, 5.74) is 6.34. The molecule has 0 aliphatic carbocycles. The van der Waals surface area contributed by atoms with Gasteiger partial charge in [0, 0.05) is 11.3 Å². The number of aromatic nitrogens is 1. The van der Waals surface area contributed by atoms with E-state index >= 15 is 0 Å². The zero-order valence-electron chi connectivity index (χ0n) is 15.8. The van der Waals surface area contributed by atoms with Gasteiger partial charge in [-0.15, -0.1) is 0 Å². The number of benzene rings is 3. The van der Waals surface area contributed by atoms with Gasteiger partial charge in [-0.1, -0.05) is 78.4 Å². The fourth-order valence-corrected chi connectivity index (χ4v) is 2.99. The van der Waals surface area contributed by atoms with E-state index in [4.69, 9.17) is 4.74 Å². The van der Waals surface area contributed by atoms with E-state index in [1.807, 2.05) is 54.7 Å². The molecule has 0 spiro atoms. The standard InChI is InChI=1S/C25H22N2O/c1-19-12-14-21(15-13-19)24-16-23(27-22-10-6-3-7-11-22)17-26-25(24)28-18-20-8-4-2-5-9-20/h2-17,27H,18H2,1H3. The van der Waals surface area contributed by atoms with Gasteiger partial charge in [-0.25, -0.2) is 4.98 Å². The molecule has 3 aromatic carbocycles. The number of aryl methyl sites for hydroxylation is 1. The largest absolute Gasteiger partial charge is 0.472 e. The van der Waals surface area contributed by atoms with E-state index < -0.39 is 0 Å². The van der Waals surface area contributed by atoms with Crippen LogP contribution in [0.5, 0.6) is 5.88 Å². The second kappa shape index (κ2) is 8.40. The van der Waals surface area contributed by atoms with Crippen LogP contribution in [0, 0.1) is 6.92 Å². The van der Waals surface area contributed by atoms with Gasteiger partial charge in [0.2, 0.25) is 5.88 Å². The third-order valence-electron chi connectivity index (χ3n) is 4.49. The van der Waals surface area contributed by atoms with Gasteiger partial charge in [-0.05, 0) is 36.2 Å². The summed E-state index contributed by atoms with van der Waals surface area (Å²) in [6, 6.07) is 30.7. The molecule has 4 rings (SSSR count). The minimum atomic E-state index is 0.484. The lowest BCUT2D eigenvalue weighted by Gasteiger charge is -2.14. The summed E-state index contributed by atoms with van der Waals surface area (Å²) in [5.74, 6) is 0.631. The highest BCUT2D eigenvalue weighted by Gasteiger charge is 2.10. The minimum Gasteiger partial charge on any atom is -0.472 e. The highest BCUT2D eigenvalue weighted by molar-refractivity contribution is 5.74. The van der Waals surface area contributed by atoms with Crippen molar-refractivity contribution in [3.05, 3.63) is 108 Å². The summed E-state index contributed by atoms with van der Waals surface area (Å²) in [7, 11) is 0. The molecule has 0 unspecified atom stereocenters. The van der Waals surface area contributed by atoms with E-state index in [0.717, 1.165) is 28.1 Å². The molecule has 0 amide bonds. The van der Waals surface area contributed by atoms with Crippen molar-refractivity contribution in [1.29, 1.82) is 0 Å². The molecule has 3 nitrogen and oxygen atoms in total. The Bertz CT molecular complexity index is 1030. The molecule has 0 fully saturated rings. The molecule has 1 N–H and O–H groups in total. The van der Waals surface area contributed by atoms with Gasteiger partial charge in [-0.2, -0.15) is 0 Å². The first-order chi connectivity index (χ1) is 13.8. The number of anilines is 2. The van der Waals surface area contributed by atoms with Crippen LogP contribution >= 0.6 is 0 Å². The molecular weight excluding hydrogens is 344 g/mol. The molecule has 3 heteroatoms. The summed E-state index contributed by atoms with van der Waals surface area (Å²) in [5, 5.41) is 3.41. The molecule has 0 radical (unpaired) electrons. The van der Waals surface area contributed by atoms with Crippen LogP contribution in [0.3, 0.4) is 0 Å². The Kier molecular flexibility index (Phi) is 5.34. The van der Waals surface area contributed by atoms with Gasteiger partial charge in [-0.3, -0.25) is 0 Å². The first-order valence-corrected chi connectivity index (χ1v) is 9.34. The number of hydrogen-bond acceptors (Lipinski definition) is 3. The van der Waals surface area contributed by atoms with Crippen LogP contribution in [0.1, 0.15) is 11.1 Å². The van der Waals surface area contributed by atoms with Crippen molar-refractivity contribution in [3.63, 3.8) is 0 Å². The van der Waals surface area contributed by atoms with Crippen molar-refractivity contribution in [2.75, 3.05) is 5.32 Å². The first-order valence-electron chi connectivity index (χ1n) is 9.34. The second-order valence-corrected chi connectivity index (χ2v) is 6.71. The Morgan fingerprint density at radius 1 is 0.786 bits per heavy atom. The van der Waals surface area contributed by atoms with Crippen LogP contribution in [-0.4, -0.2) is 4.98 Å². The maximum absolute atomic E-state index is 6.07. The molecule has 0 atom stereocenters. The SMILES string of the molecule is Cc1ccc(-c2cc(Nc3ccccc3)cnc2OCc2ccccc2)cc1. The van der Waals surface area contributed by atoms with Crippen molar-refractivity contribution in [1.82, 2.24) is 4.98 Å². The van der Waals surface area contributed by atoms with Gasteiger partial charge in [0.05, 0.1) is 11.9 Å². The van der Waals surface area contributed by atoms with Gasteiger partial charge in [0.15, 0.2) is 0 Å². The summed E-state index contributed by atoms with van der Waals surface area (Å²) >= 11 is 0. The average Bonchev–Trinajstić information content (AvgIpc) is 2.75. The average molecular weight is 366 g/mol. The van der Waals surface area contributed by atoms with Crippen LogP contribution in [-0.2, 0) is 6.61 Å². The maximum atomic E-state index is 6.07. The Balaban J connectivity index is 1.65. The van der Waals surface area contributed by atoms with Gasteiger partial charge in [0.25, 0.3) is 0 Å². The highest BCUT2D eigenvalue weighted by Crippen LogP contribution is 2.32. The molecule has 4 aromatic rings. The summed E-state index contributed by atoms with van der Waals surface area (Å²) in [4.78, 5) is 4.60. The van der Waals surface area contributed by atoms with E-state index in [1.54, 1.807) is 0 Å². The molecule has 0 aliphatic heterocycles. The third kappa shape index (κ3) is 4.38. The molecule has 1 heterocycles. The lowest BCUT2D eigenvalue weighted by Crippen LogP contribution is -2.00. The predicted molar refractivity (Wildman–Crippen MR) is 115 cm³/mol. The van der Waals surface area contributed by atoms with E-state index in [9.17, 15) is 0 Å². The number of nitrogens with one attached hydrogen (secondary N) is 1. The van der Waals surface area contributed by atoms with E-state index in [2.05, 4.69) is 59.7 Å². The molecule has 0 saturated carbocycles. The summed E-state index contributed by atoms with van der Waals surface area (Å²) in [6.07, 6.45) is 1.81. The lowest BCUT2D eigenvalue weighted by atomic mass is 10.0. The topological polar surface area (TPSA) is 34.2 Å². The minimum absolute atomic E-state index is 0.484. The van der Waals surface area contributed by atoms with Crippen LogP contribution in [0.4, 0.5) is 11.4 Å². The maximum Gasteiger partial charge on any atom is 0.221 e. The molecule has 28 heavy (non-hydrogen) atoms. The zero-order valence-corrected chi connectivity index (χ0v) is 15.8. The van der Waals surface area contributed by atoms with E-state index in [1.165, 1.54) is 5.56 Å². The monoisotopic (exact) mass is 366 g/mol. The number of pyridine rings is 1. The predicted octanol–water partition coefficient (Wildman–Crippen LogP) is 6.38. The Morgan fingerprint density at radius 3 is 2.18 bits per heavy atom. The summed E-state index contributed by atoms with van der Waals surface area (Å²) < 4.78 is 6.07. The second-order valence-electron chi connectivity index (χ2n) is 6.71. The van der Waals surface area contributed by atoms with E-state index in [-0.39, 0.29) is 0 Å². The van der Waals surface area contributed by atoms with Gasteiger partial charge in [0.1, 0.15) is 6.61 Å². The van der Waals surface area contributed by atoms with Crippen molar-refractivity contribution >= 4 is 11.4 Å². The number of nitrogens with zero attached hydrogens (tertiary/aromatic N) is 1. The smallest absolute Gasteiger partial charge is 0.221 e. The fourth-order valence-electron chi connectivity index (χ4n) is 2.99. The first kappa shape index (κ1) is 17.8. The van der Waals surface area contributed by atoms with Crippen LogP contribution in [0.2, 0.25) is 0 Å². The number of rotatable bonds is 6. The molecule has 1 aromatic heterocycles. The number of para-hydroxylation sites is 1. The van der Waals surface area contributed by atoms with E-state index in [0.29, 0.717) is 12.5 Å². The van der Waals surface area contributed by atoms with Crippen LogP contribution in [0.15, 0.2) is 97.2 Å². The normalized spacial score (nSPS) is 10.5. The van der Waals surface area contributed by atoms with Gasteiger partial charge < -0.3 is 10.1 Å². The summed E-state index contributed by atoms with van der Waals surface area (Å²) in [6.45, 7) is 2.57. The molecule has 0 bridgehead atoms. The van der Waals surface area contributed by atoms with Crippen molar-refractivity contribution < 1.29 is 4.74 Å². The Labute approximate surface area is 165 Å².